The van der Waals surface area contributed by atoms with Gasteiger partial charge in [-0.1, -0.05) is 17.3 Å². The number of oxime groups is 1. The molecule has 0 heterocycles. The van der Waals surface area contributed by atoms with Crippen molar-refractivity contribution in [2.45, 2.75) is 0 Å². The van der Waals surface area contributed by atoms with Gasteiger partial charge in [0.1, 0.15) is 18.5 Å². The maximum absolute atomic E-state index is 11.3. The zero-order chi connectivity index (χ0) is 17.5. The van der Waals surface area contributed by atoms with Gasteiger partial charge in [0.2, 0.25) is 5.91 Å². The van der Waals surface area contributed by atoms with Gasteiger partial charge in [0.15, 0.2) is 0 Å². The molecule has 0 aliphatic carbocycles. The first-order valence-corrected chi connectivity index (χ1v) is 9.51. The summed E-state index contributed by atoms with van der Waals surface area (Å²) in [7, 11) is -8.51. The van der Waals surface area contributed by atoms with Crippen molar-refractivity contribution in [3.63, 3.8) is 0 Å². The summed E-state index contributed by atoms with van der Waals surface area (Å²) < 4.78 is 40.0. The van der Waals surface area contributed by atoms with Gasteiger partial charge in [-0.25, -0.2) is 0 Å². The molecule has 0 aliphatic rings. The second-order valence-electron chi connectivity index (χ2n) is 4.35. The number of nitrogens with zero attached hydrogens (tertiary/aromatic N) is 1. The highest BCUT2D eigenvalue weighted by Gasteiger charge is 2.18. The first-order valence-electron chi connectivity index (χ1n) is 6.10. The third-order valence-corrected chi connectivity index (χ3v) is 3.63. The lowest BCUT2D eigenvalue weighted by Gasteiger charge is -2.06. The van der Waals surface area contributed by atoms with Crippen molar-refractivity contribution in [3.8, 4) is 0 Å². The van der Waals surface area contributed by atoms with Crippen LogP contribution in [-0.2, 0) is 24.3 Å². The van der Waals surface area contributed by atoms with Crippen LogP contribution < -0.4 is 5.32 Å². The Bertz CT molecular complexity index is 710. The van der Waals surface area contributed by atoms with Crippen molar-refractivity contribution in [2.24, 2.45) is 5.16 Å². The monoisotopic (exact) mass is 366 g/mol. The van der Waals surface area contributed by atoms with Gasteiger partial charge in [-0.2, -0.15) is 8.42 Å². The molecule has 0 spiro atoms. The molecule has 0 unspecified atom stereocenters. The molecule has 128 valence electrons. The lowest BCUT2D eigenvalue weighted by Crippen LogP contribution is -2.16. The van der Waals surface area contributed by atoms with E-state index in [4.69, 9.17) is 14.3 Å². The molecule has 12 heteroatoms. The molecule has 23 heavy (non-hydrogen) atoms. The summed E-state index contributed by atoms with van der Waals surface area (Å²) in [6, 6.07) is 6.06. The number of hydrogen-bond donors (Lipinski definition) is 4. The van der Waals surface area contributed by atoms with Crippen LogP contribution >= 0.6 is 7.60 Å². The first kappa shape index (κ1) is 19.3. The highest BCUT2D eigenvalue weighted by atomic mass is 32.2. The van der Waals surface area contributed by atoms with Gasteiger partial charge in [0.25, 0.3) is 10.1 Å². The molecular weight excluding hydrogens is 351 g/mol. The fourth-order valence-electron chi connectivity index (χ4n) is 1.33. The predicted molar refractivity (Wildman–Crippen MR) is 81.9 cm³/mol. The van der Waals surface area contributed by atoms with Gasteiger partial charge < -0.3 is 19.9 Å². The number of nitrogens with one attached hydrogen (secondary N) is 1. The van der Waals surface area contributed by atoms with Crippen molar-refractivity contribution >= 4 is 35.5 Å². The van der Waals surface area contributed by atoms with E-state index in [2.05, 4.69) is 15.3 Å². The largest absolute Gasteiger partial charge is 0.395 e. The highest BCUT2D eigenvalue weighted by molar-refractivity contribution is 7.85. The Morgan fingerprint density at radius 1 is 1.30 bits per heavy atom. The van der Waals surface area contributed by atoms with Crippen LogP contribution in [-0.4, -0.2) is 53.4 Å². The Balaban J connectivity index is 2.47. The fraction of sp³-hybridized carbons (Fsp3) is 0.273. The molecule has 1 rings (SSSR count). The minimum absolute atomic E-state index is 0.300. The number of hydrogen-bond acceptors (Lipinski definition) is 6. The zero-order valence-corrected chi connectivity index (χ0v) is 13.4. The van der Waals surface area contributed by atoms with Crippen LogP contribution in [0.5, 0.6) is 0 Å². The Kier molecular flexibility index (Phi) is 6.85. The van der Waals surface area contributed by atoms with Gasteiger partial charge in [-0.15, -0.1) is 0 Å². The number of rotatable bonds is 8. The van der Waals surface area contributed by atoms with E-state index in [-0.39, 0.29) is 6.61 Å². The van der Waals surface area contributed by atoms with E-state index >= 15 is 0 Å². The Morgan fingerprint density at radius 2 is 1.91 bits per heavy atom. The Hall–Kier alpha value is -1.78. The van der Waals surface area contributed by atoms with E-state index in [0.717, 1.165) is 0 Å². The Morgan fingerprint density at radius 3 is 2.43 bits per heavy atom. The van der Waals surface area contributed by atoms with Crippen LogP contribution in [0.3, 0.4) is 0 Å². The van der Waals surface area contributed by atoms with E-state index in [9.17, 15) is 17.8 Å². The standard InChI is InChI=1S/C11H15N2O8PS/c14-11(8-22(15,16)17)13-10-3-1-9(2-4-10)7-12-21-5-6-23(18,19)20/h1-4,7H,5-6,8H2,(H,13,14)(H2,15,16,17)(H,18,19,20)/b12-7-. The van der Waals surface area contributed by atoms with Gasteiger partial charge in [0, 0.05) is 5.69 Å². The molecule has 0 aliphatic heterocycles. The molecule has 0 radical (unpaired) electrons. The summed E-state index contributed by atoms with van der Waals surface area (Å²) in [4.78, 5) is 33.3. The topological polar surface area (TPSA) is 163 Å². The minimum Gasteiger partial charge on any atom is -0.395 e. The molecular formula is C11H15N2O8PS. The lowest BCUT2D eigenvalue weighted by molar-refractivity contribution is -0.114. The quantitative estimate of drug-likeness (QED) is 0.165. The van der Waals surface area contributed by atoms with Gasteiger partial charge >= 0.3 is 7.60 Å². The lowest BCUT2D eigenvalue weighted by atomic mass is 10.2. The van der Waals surface area contributed by atoms with E-state index in [1.54, 1.807) is 12.1 Å². The van der Waals surface area contributed by atoms with E-state index < -0.39 is 35.5 Å². The summed E-state index contributed by atoms with van der Waals surface area (Å²) in [6.45, 7) is -0.300. The zero-order valence-electron chi connectivity index (χ0n) is 11.7. The second kappa shape index (κ2) is 8.18. The molecule has 0 saturated carbocycles. The predicted octanol–water partition coefficient (Wildman–Crippen LogP) is 0.0411. The van der Waals surface area contributed by atoms with E-state index in [0.29, 0.717) is 11.3 Å². The third kappa shape index (κ3) is 9.76. The maximum Gasteiger partial charge on any atom is 0.334 e. The van der Waals surface area contributed by atoms with Crippen LogP contribution in [0.15, 0.2) is 29.4 Å². The SMILES string of the molecule is O=C(CP(=O)(O)O)Nc1ccc(/C=N\OCCS(=O)(=O)O)cc1. The van der Waals surface area contributed by atoms with Crippen molar-refractivity contribution in [1.29, 1.82) is 0 Å². The molecule has 0 bridgehead atoms. The number of benzene rings is 1. The van der Waals surface area contributed by atoms with Crippen LogP contribution in [0.1, 0.15) is 5.56 Å². The molecule has 1 aromatic carbocycles. The van der Waals surface area contributed by atoms with E-state index in [1.165, 1.54) is 18.3 Å². The van der Waals surface area contributed by atoms with Gasteiger partial charge in [-0.05, 0) is 17.7 Å². The molecule has 4 N–H and O–H groups in total. The van der Waals surface area contributed by atoms with Gasteiger partial charge in [-0.3, -0.25) is 13.9 Å². The van der Waals surface area contributed by atoms with Crippen LogP contribution in [0.4, 0.5) is 5.69 Å². The van der Waals surface area contributed by atoms with E-state index in [1.807, 2.05) is 0 Å². The second-order valence-corrected chi connectivity index (χ2v) is 7.56. The smallest absolute Gasteiger partial charge is 0.334 e. The fourth-order valence-corrected chi connectivity index (χ4v) is 2.07. The maximum atomic E-state index is 11.3. The number of amides is 1. The van der Waals surface area contributed by atoms with Crippen molar-refractivity contribution in [1.82, 2.24) is 0 Å². The van der Waals surface area contributed by atoms with Crippen LogP contribution in [0, 0.1) is 0 Å². The summed E-state index contributed by atoms with van der Waals surface area (Å²) in [6.07, 6.45) is 0.378. The highest BCUT2D eigenvalue weighted by Crippen LogP contribution is 2.33. The number of anilines is 1. The molecule has 0 aromatic heterocycles. The molecule has 1 amide bonds. The summed E-state index contributed by atoms with van der Waals surface area (Å²) in [5.41, 5.74) is 0.915. The normalized spacial score (nSPS) is 12.3. The number of carbonyl (C=O) groups excluding carboxylic acids is 1. The van der Waals surface area contributed by atoms with Crippen molar-refractivity contribution in [3.05, 3.63) is 29.8 Å². The number of carbonyl (C=O) groups is 1. The third-order valence-electron chi connectivity index (χ3n) is 2.25. The van der Waals surface area contributed by atoms with Gasteiger partial charge in [0.05, 0.1) is 6.21 Å². The average Bonchev–Trinajstić information content (AvgIpc) is 2.36. The average molecular weight is 366 g/mol. The summed E-state index contributed by atoms with van der Waals surface area (Å²) in [5.74, 6) is -1.39. The molecule has 0 atom stereocenters. The summed E-state index contributed by atoms with van der Waals surface area (Å²) in [5, 5.41) is 5.81. The minimum atomic E-state index is -4.41. The molecule has 1 aromatic rings. The first-order chi connectivity index (χ1) is 10.6. The van der Waals surface area contributed by atoms with Crippen molar-refractivity contribution in [2.75, 3.05) is 23.8 Å². The molecule has 10 nitrogen and oxygen atoms in total. The Labute approximate surface area is 132 Å². The van der Waals surface area contributed by atoms with Crippen LogP contribution in [0.2, 0.25) is 0 Å². The molecule has 0 saturated heterocycles. The van der Waals surface area contributed by atoms with Crippen molar-refractivity contribution < 1.29 is 37.0 Å². The summed E-state index contributed by atoms with van der Waals surface area (Å²) >= 11 is 0. The molecule has 0 fully saturated rings. The van der Waals surface area contributed by atoms with Crippen LogP contribution in [0.25, 0.3) is 0 Å².